The molecule has 0 radical (unpaired) electrons. The molecule has 0 heterocycles. The number of carbonyl (C=O) groups excluding carboxylic acids is 1. The summed E-state index contributed by atoms with van der Waals surface area (Å²) in [4.78, 5) is 23.7. The van der Waals surface area contributed by atoms with Crippen LogP contribution in [0.15, 0.2) is 24.3 Å². The highest BCUT2D eigenvalue weighted by Crippen LogP contribution is 2.62. The highest BCUT2D eigenvalue weighted by Gasteiger charge is 2.58. The van der Waals surface area contributed by atoms with Crippen LogP contribution in [-0.2, 0) is 9.59 Å². The van der Waals surface area contributed by atoms with Gasteiger partial charge in [-0.05, 0) is 42.4 Å². The molecular formula is C16H18ClNO3. The van der Waals surface area contributed by atoms with Gasteiger partial charge in [-0.15, -0.1) is 0 Å². The van der Waals surface area contributed by atoms with E-state index in [2.05, 4.69) is 5.32 Å². The van der Waals surface area contributed by atoms with E-state index >= 15 is 0 Å². The summed E-state index contributed by atoms with van der Waals surface area (Å²) in [5.74, 6) is -1.18. The lowest BCUT2D eigenvalue weighted by molar-refractivity contribution is -0.142. The number of benzene rings is 1. The minimum atomic E-state index is -1.05. The molecule has 2 aliphatic rings. The lowest BCUT2D eigenvalue weighted by Crippen LogP contribution is -2.35. The Morgan fingerprint density at radius 3 is 2.43 bits per heavy atom. The van der Waals surface area contributed by atoms with Gasteiger partial charge in [0.05, 0.1) is 0 Å². The molecule has 21 heavy (non-hydrogen) atoms. The van der Waals surface area contributed by atoms with Gasteiger partial charge in [0.25, 0.3) is 0 Å². The molecule has 4 nitrogen and oxygen atoms in total. The average Bonchev–Trinajstić information content (AvgIpc) is 2.94. The predicted molar refractivity (Wildman–Crippen MR) is 79.0 cm³/mol. The molecule has 3 rings (SSSR count). The maximum Gasteiger partial charge on any atom is 0.330 e. The van der Waals surface area contributed by atoms with Crippen LogP contribution in [0, 0.1) is 11.3 Å². The Labute approximate surface area is 128 Å². The summed E-state index contributed by atoms with van der Waals surface area (Å²) in [6, 6.07) is 5.54. The Kier molecular flexibility index (Phi) is 3.66. The van der Waals surface area contributed by atoms with Crippen molar-refractivity contribution in [3.63, 3.8) is 0 Å². The molecule has 112 valence electrons. The third-order valence-electron chi connectivity index (χ3n) is 4.84. The van der Waals surface area contributed by atoms with E-state index < -0.39 is 12.0 Å². The molecule has 2 unspecified atom stereocenters. The van der Waals surface area contributed by atoms with Gasteiger partial charge < -0.3 is 10.4 Å². The van der Waals surface area contributed by atoms with Crippen LogP contribution in [0.25, 0.3) is 0 Å². The van der Waals surface area contributed by atoms with E-state index in [1.165, 1.54) is 12.8 Å². The van der Waals surface area contributed by atoms with Gasteiger partial charge in [-0.1, -0.05) is 36.6 Å². The van der Waals surface area contributed by atoms with E-state index in [1.807, 2.05) is 0 Å². The van der Waals surface area contributed by atoms with Crippen LogP contribution in [0.4, 0.5) is 0 Å². The molecule has 2 atom stereocenters. The van der Waals surface area contributed by atoms with Crippen molar-refractivity contribution in [1.29, 1.82) is 0 Å². The van der Waals surface area contributed by atoms with E-state index in [4.69, 9.17) is 11.6 Å². The van der Waals surface area contributed by atoms with E-state index in [1.54, 1.807) is 24.3 Å². The van der Waals surface area contributed by atoms with Gasteiger partial charge in [-0.25, -0.2) is 4.79 Å². The number of nitrogens with one attached hydrogen (secondary N) is 1. The summed E-state index contributed by atoms with van der Waals surface area (Å²) < 4.78 is 0. The van der Waals surface area contributed by atoms with E-state index in [0.29, 0.717) is 10.6 Å². The van der Waals surface area contributed by atoms with Crippen molar-refractivity contribution < 1.29 is 14.7 Å². The Hall–Kier alpha value is -1.55. The van der Waals surface area contributed by atoms with Crippen molar-refractivity contribution in [2.75, 3.05) is 0 Å². The SMILES string of the molecule is O=C(O)C(NC(=O)C1CC12CCCC2)c1ccc(Cl)cc1. The number of carbonyl (C=O) groups is 2. The summed E-state index contributed by atoms with van der Waals surface area (Å²) >= 11 is 5.81. The molecule has 5 heteroatoms. The minimum Gasteiger partial charge on any atom is -0.479 e. The van der Waals surface area contributed by atoms with Crippen molar-refractivity contribution in [2.24, 2.45) is 11.3 Å². The highest BCUT2D eigenvalue weighted by atomic mass is 35.5. The zero-order chi connectivity index (χ0) is 15.0. The van der Waals surface area contributed by atoms with Gasteiger partial charge in [-0.3, -0.25) is 4.79 Å². The van der Waals surface area contributed by atoms with E-state index in [0.717, 1.165) is 19.3 Å². The second-order valence-electron chi connectivity index (χ2n) is 6.16. The number of hydrogen-bond acceptors (Lipinski definition) is 2. The summed E-state index contributed by atoms with van der Waals surface area (Å²) in [6.07, 6.45) is 5.48. The molecule has 0 aliphatic heterocycles. The first kappa shape index (κ1) is 14.4. The van der Waals surface area contributed by atoms with E-state index in [-0.39, 0.29) is 17.2 Å². The maximum atomic E-state index is 12.3. The molecule has 1 spiro atoms. The smallest absolute Gasteiger partial charge is 0.330 e. The topological polar surface area (TPSA) is 66.4 Å². The molecule has 1 amide bonds. The monoisotopic (exact) mass is 307 g/mol. The fourth-order valence-corrected chi connectivity index (χ4v) is 3.66. The van der Waals surface area contributed by atoms with Gasteiger partial charge in [-0.2, -0.15) is 0 Å². The van der Waals surface area contributed by atoms with Crippen molar-refractivity contribution >= 4 is 23.5 Å². The van der Waals surface area contributed by atoms with Crippen LogP contribution < -0.4 is 5.32 Å². The summed E-state index contributed by atoms with van der Waals surface area (Å²) in [6.45, 7) is 0. The van der Waals surface area contributed by atoms with Gasteiger partial charge in [0.1, 0.15) is 0 Å². The molecule has 0 bridgehead atoms. The lowest BCUT2D eigenvalue weighted by atomic mass is 10.0. The largest absolute Gasteiger partial charge is 0.479 e. The number of aliphatic carboxylic acids is 1. The summed E-state index contributed by atoms with van der Waals surface area (Å²) in [5, 5.41) is 12.6. The van der Waals surface area contributed by atoms with Crippen molar-refractivity contribution in [3.05, 3.63) is 34.9 Å². The second-order valence-corrected chi connectivity index (χ2v) is 6.59. The fraction of sp³-hybridized carbons (Fsp3) is 0.500. The number of amides is 1. The summed E-state index contributed by atoms with van der Waals surface area (Å²) in [5.41, 5.74) is 0.717. The summed E-state index contributed by atoms with van der Waals surface area (Å²) in [7, 11) is 0. The third kappa shape index (κ3) is 2.77. The molecule has 0 aromatic heterocycles. The lowest BCUT2D eigenvalue weighted by Gasteiger charge is -2.16. The molecular weight excluding hydrogens is 290 g/mol. The Bertz CT molecular complexity index is 563. The molecule has 2 N–H and O–H groups in total. The van der Waals surface area contributed by atoms with Crippen molar-refractivity contribution in [3.8, 4) is 0 Å². The van der Waals surface area contributed by atoms with Gasteiger partial charge in [0, 0.05) is 10.9 Å². The maximum absolute atomic E-state index is 12.3. The Morgan fingerprint density at radius 2 is 1.86 bits per heavy atom. The Balaban J connectivity index is 1.70. The molecule has 2 saturated carbocycles. The van der Waals surface area contributed by atoms with Crippen molar-refractivity contribution in [1.82, 2.24) is 5.32 Å². The first-order valence-corrected chi connectivity index (χ1v) is 7.68. The molecule has 2 fully saturated rings. The van der Waals surface area contributed by atoms with Crippen LogP contribution in [-0.4, -0.2) is 17.0 Å². The number of hydrogen-bond donors (Lipinski definition) is 2. The molecule has 1 aromatic carbocycles. The zero-order valence-corrected chi connectivity index (χ0v) is 12.4. The second kappa shape index (κ2) is 5.34. The predicted octanol–water partition coefficient (Wildman–Crippen LogP) is 3.16. The van der Waals surface area contributed by atoms with Gasteiger partial charge >= 0.3 is 5.97 Å². The number of halogens is 1. The fourth-order valence-electron chi connectivity index (χ4n) is 3.54. The van der Waals surface area contributed by atoms with E-state index in [9.17, 15) is 14.7 Å². The molecule has 0 saturated heterocycles. The Morgan fingerprint density at radius 1 is 1.24 bits per heavy atom. The first-order valence-electron chi connectivity index (χ1n) is 7.30. The van der Waals surface area contributed by atoms with Crippen molar-refractivity contribution in [2.45, 2.75) is 38.1 Å². The molecule has 2 aliphatic carbocycles. The minimum absolute atomic E-state index is 0.00542. The van der Waals surface area contributed by atoms with Gasteiger partial charge in [0.15, 0.2) is 6.04 Å². The van der Waals surface area contributed by atoms with Crippen LogP contribution >= 0.6 is 11.6 Å². The highest BCUT2D eigenvalue weighted by molar-refractivity contribution is 6.30. The van der Waals surface area contributed by atoms with Crippen LogP contribution in [0.5, 0.6) is 0 Å². The van der Waals surface area contributed by atoms with Crippen LogP contribution in [0.2, 0.25) is 5.02 Å². The zero-order valence-electron chi connectivity index (χ0n) is 11.6. The van der Waals surface area contributed by atoms with Crippen LogP contribution in [0.3, 0.4) is 0 Å². The quantitative estimate of drug-likeness (QED) is 0.898. The average molecular weight is 308 g/mol. The number of rotatable bonds is 4. The number of carboxylic acids is 1. The standard InChI is InChI=1S/C16H18ClNO3/c17-11-5-3-10(4-6-11)13(15(20)21)18-14(19)12-9-16(12)7-1-2-8-16/h3-6,12-13H,1-2,7-9H2,(H,18,19)(H,20,21). The normalized spacial score (nSPS) is 23.8. The first-order chi connectivity index (χ1) is 10.0. The number of carboxylic acid groups (broad SMARTS) is 1. The third-order valence-corrected chi connectivity index (χ3v) is 5.09. The molecule has 1 aromatic rings. The van der Waals surface area contributed by atoms with Crippen LogP contribution in [0.1, 0.15) is 43.7 Å². The van der Waals surface area contributed by atoms with Gasteiger partial charge in [0.2, 0.25) is 5.91 Å².